The molecule has 0 bridgehead atoms. The van der Waals surface area contributed by atoms with Gasteiger partial charge in [0.15, 0.2) is 0 Å². The molecular weight excluding hydrogens is 260 g/mol. The van der Waals surface area contributed by atoms with Gasteiger partial charge in [-0.25, -0.2) is 0 Å². The summed E-state index contributed by atoms with van der Waals surface area (Å²) >= 11 is 0. The summed E-state index contributed by atoms with van der Waals surface area (Å²) in [7, 11) is 0. The lowest BCUT2D eigenvalue weighted by Crippen LogP contribution is -2.29. The van der Waals surface area contributed by atoms with Crippen LogP contribution in [0.2, 0.25) is 0 Å². The average Bonchev–Trinajstić information content (AvgIpc) is 2.45. The minimum Gasteiger partial charge on any atom is -0.494 e. The number of nitrogens with two attached hydrogens (primary N) is 1. The number of aryl methyl sites for hydroxylation is 3. The van der Waals surface area contributed by atoms with Crippen molar-refractivity contribution in [3.63, 3.8) is 0 Å². The Morgan fingerprint density at radius 2 is 1.81 bits per heavy atom. The van der Waals surface area contributed by atoms with Crippen molar-refractivity contribution in [2.45, 2.75) is 33.2 Å². The van der Waals surface area contributed by atoms with Gasteiger partial charge < -0.3 is 4.74 Å². The Morgan fingerprint density at radius 1 is 1.05 bits per heavy atom. The van der Waals surface area contributed by atoms with Gasteiger partial charge in [0.1, 0.15) is 5.75 Å². The molecule has 0 aliphatic heterocycles. The van der Waals surface area contributed by atoms with E-state index in [2.05, 4.69) is 50.5 Å². The van der Waals surface area contributed by atoms with E-state index >= 15 is 0 Å². The van der Waals surface area contributed by atoms with E-state index in [1.165, 1.54) is 22.3 Å². The van der Waals surface area contributed by atoms with E-state index in [1.807, 2.05) is 18.2 Å². The quantitative estimate of drug-likeness (QED) is 0.629. The smallest absolute Gasteiger partial charge is 0.119 e. The van der Waals surface area contributed by atoms with E-state index in [9.17, 15) is 0 Å². The third-order valence-corrected chi connectivity index (χ3v) is 3.67. The minimum absolute atomic E-state index is 0.107. The Labute approximate surface area is 127 Å². The largest absolute Gasteiger partial charge is 0.494 e. The maximum atomic E-state index is 5.81. The number of benzene rings is 2. The number of hydrazine groups is 1. The molecule has 3 nitrogen and oxygen atoms in total. The summed E-state index contributed by atoms with van der Waals surface area (Å²) in [5.74, 6) is 6.62. The van der Waals surface area contributed by atoms with Crippen LogP contribution in [0.3, 0.4) is 0 Å². The number of rotatable bonds is 6. The fraction of sp³-hybridized carbons (Fsp3) is 0.333. The molecule has 112 valence electrons. The third-order valence-electron chi connectivity index (χ3n) is 3.67. The van der Waals surface area contributed by atoms with Crippen LogP contribution in [-0.2, 0) is 0 Å². The van der Waals surface area contributed by atoms with E-state index in [-0.39, 0.29) is 6.04 Å². The van der Waals surface area contributed by atoms with E-state index in [4.69, 9.17) is 10.6 Å². The van der Waals surface area contributed by atoms with Gasteiger partial charge in [-0.2, -0.15) is 0 Å². The second-order valence-corrected chi connectivity index (χ2v) is 5.53. The molecule has 2 aromatic carbocycles. The summed E-state index contributed by atoms with van der Waals surface area (Å²) in [6.07, 6.45) is 0.828. The summed E-state index contributed by atoms with van der Waals surface area (Å²) in [5.41, 5.74) is 7.86. The molecule has 0 radical (unpaired) electrons. The molecule has 1 unspecified atom stereocenters. The van der Waals surface area contributed by atoms with Crippen molar-refractivity contribution in [2.24, 2.45) is 5.84 Å². The van der Waals surface area contributed by atoms with Gasteiger partial charge in [0.25, 0.3) is 0 Å². The van der Waals surface area contributed by atoms with Crippen molar-refractivity contribution in [1.82, 2.24) is 5.43 Å². The van der Waals surface area contributed by atoms with Crippen molar-refractivity contribution in [1.29, 1.82) is 0 Å². The standard InChI is InChI=1S/C18H24N2O/c1-13-5-4-6-16(12-13)21-10-9-18(20-19)17-8-7-14(2)11-15(17)3/h4-8,11-12,18,20H,9-10,19H2,1-3H3. The predicted molar refractivity (Wildman–Crippen MR) is 87.3 cm³/mol. The number of hydrogen-bond donors (Lipinski definition) is 2. The van der Waals surface area contributed by atoms with Gasteiger partial charge in [-0.1, -0.05) is 35.9 Å². The highest BCUT2D eigenvalue weighted by atomic mass is 16.5. The molecule has 0 aromatic heterocycles. The minimum atomic E-state index is 0.107. The van der Waals surface area contributed by atoms with Crippen LogP contribution < -0.4 is 16.0 Å². The van der Waals surface area contributed by atoms with Crippen LogP contribution in [-0.4, -0.2) is 6.61 Å². The van der Waals surface area contributed by atoms with E-state index < -0.39 is 0 Å². The zero-order valence-corrected chi connectivity index (χ0v) is 13.0. The van der Waals surface area contributed by atoms with Crippen LogP contribution >= 0.6 is 0 Å². The molecule has 0 saturated carbocycles. The van der Waals surface area contributed by atoms with Crippen LogP contribution in [0.15, 0.2) is 42.5 Å². The van der Waals surface area contributed by atoms with Gasteiger partial charge >= 0.3 is 0 Å². The molecule has 3 heteroatoms. The van der Waals surface area contributed by atoms with Gasteiger partial charge in [-0.3, -0.25) is 11.3 Å². The first-order valence-corrected chi connectivity index (χ1v) is 7.33. The summed E-state index contributed by atoms with van der Waals surface area (Å²) in [4.78, 5) is 0. The van der Waals surface area contributed by atoms with E-state index in [0.717, 1.165) is 12.2 Å². The highest BCUT2D eigenvalue weighted by Crippen LogP contribution is 2.22. The summed E-state index contributed by atoms with van der Waals surface area (Å²) in [6.45, 7) is 6.91. The molecule has 0 spiro atoms. The average molecular weight is 284 g/mol. The van der Waals surface area contributed by atoms with Crippen molar-refractivity contribution >= 4 is 0 Å². The Morgan fingerprint density at radius 3 is 2.48 bits per heavy atom. The molecule has 0 aliphatic carbocycles. The van der Waals surface area contributed by atoms with Crippen molar-refractivity contribution < 1.29 is 4.74 Å². The maximum absolute atomic E-state index is 5.81. The zero-order valence-electron chi connectivity index (χ0n) is 13.0. The number of ether oxygens (including phenoxy) is 1. The molecular formula is C18H24N2O. The lowest BCUT2D eigenvalue weighted by atomic mass is 9.98. The van der Waals surface area contributed by atoms with Crippen LogP contribution in [0.25, 0.3) is 0 Å². The summed E-state index contributed by atoms with van der Waals surface area (Å²) in [5, 5.41) is 0. The second kappa shape index (κ2) is 7.25. The normalized spacial score (nSPS) is 12.2. The third kappa shape index (κ3) is 4.31. The molecule has 3 N–H and O–H groups in total. The zero-order chi connectivity index (χ0) is 15.2. The SMILES string of the molecule is Cc1cccc(OCCC(NN)c2ccc(C)cc2C)c1. The van der Waals surface area contributed by atoms with Crippen molar-refractivity contribution in [2.75, 3.05) is 6.61 Å². The fourth-order valence-electron chi connectivity index (χ4n) is 2.54. The molecule has 2 rings (SSSR count). The maximum Gasteiger partial charge on any atom is 0.119 e. The van der Waals surface area contributed by atoms with Gasteiger partial charge in [-0.15, -0.1) is 0 Å². The van der Waals surface area contributed by atoms with Gasteiger partial charge in [-0.05, 0) is 49.6 Å². The van der Waals surface area contributed by atoms with Crippen LogP contribution in [0, 0.1) is 20.8 Å². The lowest BCUT2D eigenvalue weighted by Gasteiger charge is -2.19. The van der Waals surface area contributed by atoms with Crippen LogP contribution in [0.1, 0.15) is 34.7 Å². The topological polar surface area (TPSA) is 47.3 Å². The molecule has 0 saturated heterocycles. The lowest BCUT2D eigenvalue weighted by molar-refractivity contribution is 0.287. The molecule has 0 heterocycles. The molecule has 1 atom stereocenters. The van der Waals surface area contributed by atoms with Gasteiger partial charge in [0.05, 0.1) is 6.61 Å². The molecule has 2 aromatic rings. The first-order chi connectivity index (χ1) is 10.1. The highest BCUT2D eigenvalue weighted by molar-refractivity contribution is 5.33. The summed E-state index contributed by atoms with van der Waals surface area (Å²) < 4.78 is 5.81. The number of nitrogens with one attached hydrogen (secondary N) is 1. The van der Waals surface area contributed by atoms with Crippen LogP contribution in [0.4, 0.5) is 0 Å². The van der Waals surface area contributed by atoms with Crippen LogP contribution in [0.5, 0.6) is 5.75 Å². The highest BCUT2D eigenvalue weighted by Gasteiger charge is 2.12. The Bertz CT molecular complexity index is 596. The van der Waals surface area contributed by atoms with E-state index in [0.29, 0.717) is 6.61 Å². The van der Waals surface area contributed by atoms with Gasteiger partial charge in [0, 0.05) is 12.5 Å². The Balaban J connectivity index is 1.96. The van der Waals surface area contributed by atoms with Crippen molar-refractivity contribution in [3.8, 4) is 5.75 Å². The Hall–Kier alpha value is -1.84. The first kappa shape index (κ1) is 15.5. The number of hydrogen-bond acceptors (Lipinski definition) is 3. The molecule has 0 fully saturated rings. The van der Waals surface area contributed by atoms with Crippen molar-refractivity contribution in [3.05, 3.63) is 64.7 Å². The molecule has 0 amide bonds. The fourth-order valence-corrected chi connectivity index (χ4v) is 2.54. The summed E-state index contributed by atoms with van der Waals surface area (Å²) in [6, 6.07) is 14.6. The van der Waals surface area contributed by atoms with E-state index in [1.54, 1.807) is 0 Å². The molecule has 0 aliphatic rings. The molecule has 21 heavy (non-hydrogen) atoms. The predicted octanol–water partition coefficient (Wildman–Crippen LogP) is 3.59. The Kier molecular flexibility index (Phi) is 5.37. The van der Waals surface area contributed by atoms with Gasteiger partial charge in [0.2, 0.25) is 0 Å². The monoisotopic (exact) mass is 284 g/mol. The second-order valence-electron chi connectivity index (χ2n) is 5.53. The first-order valence-electron chi connectivity index (χ1n) is 7.33.